The molecule has 0 bridgehead atoms. The second kappa shape index (κ2) is 8.73. The third kappa shape index (κ3) is 3.99. The van der Waals surface area contributed by atoms with E-state index in [0.717, 1.165) is 55.8 Å². The Morgan fingerprint density at radius 1 is 1.27 bits per heavy atom. The molecule has 4 heterocycles. The lowest BCUT2D eigenvalue weighted by Gasteiger charge is -2.29. The van der Waals surface area contributed by atoms with Crippen LogP contribution in [0.3, 0.4) is 0 Å². The number of nitrogens with two attached hydrogens (primary N) is 1. The number of carbonyl (C=O) groups is 1. The number of primary amides is 1. The van der Waals surface area contributed by atoms with Crippen molar-refractivity contribution >= 4 is 22.8 Å². The molecule has 1 amide bonds. The number of rotatable bonds is 8. The van der Waals surface area contributed by atoms with Crippen LogP contribution in [0, 0.1) is 0 Å². The van der Waals surface area contributed by atoms with E-state index in [2.05, 4.69) is 55.9 Å². The van der Waals surface area contributed by atoms with Crippen molar-refractivity contribution in [2.45, 2.75) is 51.6 Å². The Kier molecular flexibility index (Phi) is 5.62. The number of aromatic nitrogens is 6. The van der Waals surface area contributed by atoms with Gasteiger partial charge < -0.3 is 20.2 Å². The summed E-state index contributed by atoms with van der Waals surface area (Å²) in [5.74, 6) is 1.22. The molecular formula is C24H30N8O. The van der Waals surface area contributed by atoms with Crippen molar-refractivity contribution in [2.24, 2.45) is 12.8 Å². The average molecular weight is 447 g/mol. The monoisotopic (exact) mass is 446 g/mol. The van der Waals surface area contributed by atoms with Crippen LogP contribution in [0.2, 0.25) is 0 Å². The van der Waals surface area contributed by atoms with Gasteiger partial charge in [-0.3, -0.25) is 9.48 Å². The van der Waals surface area contributed by atoms with Gasteiger partial charge in [-0.05, 0) is 24.5 Å². The summed E-state index contributed by atoms with van der Waals surface area (Å²) < 4.78 is 3.91. The van der Waals surface area contributed by atoms with E-state index in [1.54, 1.807) is 11.0 Å². The minimum atomic E-state index is -0.463. The van der Waals surface area contributed by atoms with Crippen LogP contribution in [0.1, 0.15) is 59.7 Å². The predicted octanol–water partition coefficient (Wildman–Crippen LogP) is 3.13. The predicted molar refractivity (Wildman–Crippen MR) is 127 cm³/mol. The highest BCUT2D eigenvalue weighted by Crippen LogP contribution is 2.34. The quantitative estimate of drug-likeness (QED) is 0.432. The fraction of sp³-hybridized carbons (Fsp3) is 0.417. The Morgan fingerprint density at radius 3 is 2.88 bits per heavy atom. The summed E-state index contributed by atoms with van der Waals surface area (Å²) in [5.41, 5.74) is 9.61. The Hall–Kier alpha value is -3.62. The van der Waals surface area contributed by atoms with Crippen LogP contribution in [0.25, 0.3) is 10.9 Å². The second-order valence-electron chi connectivity index (χ2n) is 8.82. The molecule has 172 valence electrons. The Bertz CT molecular complexity index is 1280. The SMILES string of the molecule is CCCCC(Cc1c[nH]c2ccccc12)c1c(C(N)=O)nc2n1CCN(c1ncn(C)n1)C2. The average Bonchev–Trinajstić information content (AvgIpc) is 3.53. The summed E-state index contributed by atoms with van der Waals surface area (Å²) in [6.07, 6.45) is 7.77. The molecule has 4 aromatic rings. The number of nitrogens with one attached hydrogen (secondary N) is 1. The van der Waals surface area contributed by atoms with Gasteiger partial charge in [-0.2, -0.15) is 0 Å². The number of anilines is 1. The molecule has 0 saturated heterocycles. The lowest BCUT2D eigenvalue weighted by molar-refractivity contribution is 0.0994. The lowest BCUT2D eigenvalue weighted by Crippen LogP contribution is -2.35. The molecule has 1 aliphatic rings. The van der Waals surface area contributed by atoms with Gasteiger partial charge >= 0.3 is 0 Å². The highest BCUT2D eigenvalue weighted by molar-refractivity contribution is 5.92. The number of carbonyl (C=O) groups excluding carboxylic acids is 1. The Balaban J connectivity index is 1.52. The van der Waals surface area contributed by atoms with Crippen LogP contribution >= 0.6 is 0 Å². The summed E-state index contributed by atoms with van der Waals surface area (Å²) >= 11 is 0. The van der Waals surface area contributed by atoms with E-state index in [9.17, 15) is 4.79 Å². The molecule has 0 aliphatic carbocycles. The fourth-order valence-corrected chi connectivity index (χ4v) is 4.94. The van der Waals surface area contributed by atoms with Crippen LogP contribution in [-0.4, -0.2) is 41.8 Å². The van der Waals surface area contributed by atoms with E-state index in [-0.39, 0.29) is 5.92 Å². The molecular weight excluding hydrogens is 416 g/mol. The fourth-order valence-electron chi connectivity index (χ4n) is 4.94. The van der Waals surface area contributed by atoms with E-state index < -0.39 is 5.91 Å². The van der Waals surface area contributed by atoms with Crippen LogP contribution in [-0.2, 0) is 26.6 Å². The first kappa shape index (κ1) is 21.2. The van der Waals surface area contributed by atoms with Crippen molar-refractivity contribution in [1.29, 1.82) is 0 Å². The molecule has 1 aliphatic heterocycles. The number of unbranched alkanes of at least 4 members (excludes halogenated alkanes) is 1. The number of amides is 1. The molecule has 3 N–H and O–H groups in total. The maximum absolute atomic E-state index is 12.5. The normalized spacial score (nSPS) is 14.5. The molecule has 3 aromatic heterocycles. The zero-order valence-corrected chi connectivity index (χ0v) is 19.2. The molecule has 33 heavy (non-hydrogen) atoms. The van der Waals surface area contributed by atoms with Crippen LogP contribution in [0.15, 0.2) is 36.8 Å². The number of hydrogen-bond donors (Lipinski definition) is 2. The first-order valence-electron chi connectivity index (χ1n) is 11.6. The van der Waals surface area contributed by atoms with Gasteiger partial charge in [0.2, 0.25) is 5.95 Å². The first-order valence-corrected chi connectivity index (χ1v) is 11.6. The van der Waals surface area contributed by atoms with Gasteiger partial charge in [0.25, 0.3) is 5.91 Å². The lowest BCUT2D eigenvalue weighted by atomic mass is 9.89. The van der Waals surface area contributed by atoms with Crippen molar-refractivity contribution in [1.82, 2.24) is 29.3 Å². The molecule has 0 radical (unpaired) electrons. The molecule has 9 nitrogen and oxygen atoms in total. The Labute approximate surface area is 192 Å². The smallest absolute Gasteiger partial charge is 0.269 e. The van der Waals surface area contributed by atoms with E-state index in [0.29, 0.717) is 18.2 Å². The summed E-state index contributed by atoms with van der Waals surface area (Å²) in [7, 11) is 1.85. The summed E-state index contributed by atoms with van der Waals surface area (Å²) in [5, 5.41) is 5.65. The summed E-state index contributed by atoms with van der Waals surface area (Å²) in [6.45, 7) is 4.23. The van der Waals surface area contributed by atoms with E-state index >= 15 is 0 Å². The van der Waals surface area contributed by atoms with Gasteiger partial charge in [0.05, 0.1) is 12.2 Å². The number of benzene rings is 1. The zero-order valence-electron chi connectivity index (χ0n) is 19.2. The van der Waals surface area contributed by atoms with Gasteiger partial charge in [-0.25, -0.2) is 9.97 Å². The molecule has 1 aromatic carbocycles. The number of para-hydroxylation sites is 1. The van der Waals surface area contributed by atoms with Crippen molar-refractivity contribution < 1.29 is 4.79 Å². The van der Waals surface area contributed by atoms with Gasteiger partial charge in [-0.15, -0.1) is 5.10 Å². The number of fused-ring (bicyclic) bond motifs is 2. The van der Waals surface area contributed by atoms with E-state index in [1.807, 2.05) is 13.1 Å². The maximum atomic E-state index is 12.5. The second-order valence-corrected chi connectivity index (χ2v) is 8.82. The largest absolute Gasteiger partial charge is 0.364 e. The Morgan fingerprint density at radius 2 is 2.12 bits per heavy atom. The van der Waals surface area contributed by atoms with E-state index in [4.69, 9.17) is 10.7 Å². The number of aryl methyl sites for hydroxylation is 1. The molecule has 9 heteroatoms. The third-order valence-corrected chi connectivity index (χ3v) is 6.55. The van der Waals surface area contributed by atoms with Crippen molar-refractivity contribution in [2.75, 3.05) is 11.4 Å². The molecule has 0 spiro atoms. The number of aromatic amines is 1. The van der Waals surface area contributed by atoms with Gasteiger partial charge in [0.1, 0.15) is 17.8 Å². The van der Waals surface area contributed by atoms with Crippen LogP contribution in [0.4, 0.5) is 5.95 Å². The van der Waals surface area contributed by atoms with Crippen LogP contribution < -0.4 is 10.6 Å². The topological polar surface area (TPSA) is 111 Å². The number of hydrogen-bond acceptors (Lipinski definition) is 5. The molecule has 0 fully saturated rings. The first-order chi connectivity index (χ1) is 16.0. The minimum Gasteiger partial charge on any atom is -0.364 e. The number of H-pyrrole nitrogens is 1. The molecule has 0 saturated carbocycles. The van der Waals surface area contributed by atoms with Crippen molar-refractivity contribution in [3.05, 3.63) is 59.6 Å². The van der Waals surface area contributed by atoms with Crippen LogP contribution in [0.5, 0.6) is 0 Å². The number of nitrogens with zero attached hydrogens (tertiary/aromatic N) is 6. The number of imidazole rings is 1. The molecule has 1 unspecified atom stereocenters. The zero-order chi connectivity index (χ0) is 22.9. The minimum absolute atomic E-state index is 0.160. The molecule has 1 atom stereocenters. The van der Waals surface area contributed by atoms with Gasteiger partial charge in [0, 0.05) is 43.2 Å². The summed E-state index contributed by atoms with van der Waals surface area (Å²) in [6, 6.07) is 8.35. The van der Waals surface area contributed by atoms with Gasteiger partial charge in [-0.1, -0.05) is 38.0 Å². The van der Waals surface area contributed by atoms with E-state index in [1.165, 1.54) is 10.9 Å². The summed E-state index contributed by atoms with van der Waals surface area (Å²) in [4.78, 5) is 27.1. The van der Waals surface area contributed by atoms with Gasteiger partial charge in [0.15, 0.2) is 0 Å². The van der Waals surface area contributed by atoms with Crippen molar-refractivity contribution in [3.8, 4) is 0 Å². The maximum Gasteiger partial charge on any atom is 0.269 e. The van der Waals surface area contributed by atoms with Crippen molar-refractivity contribution in [3.63, 3.8) is 0 Å². The highest BCUT2D eigenvalue weighted by atomic mass is 16.1. The highest BCUT2D eigenvalue weighted by Gasteiger charge is 2.31. The standard InChI is InChI=1S/C24H30N8O/c1-3-4-7-16(12-17-13-26-19-9-6-5-8-18(17)19)22-21(23(25)33)28-20-14-31(10-11-32(20)22)24-27-15-30(2)29-24/h5-6,8-9,13,15-16,26H,3-4,7,10-12,14H2,1-2H3,(H2,25,33). The molecule has 5 rings (SSSR count). The third-order valence-electron chi connectivity index (χ3n) is 6.55.